The summed E-state index contributed by atoms with van der Waals surface area (Å²) in [5, 5.41) is 3.13. The van der Waals surface area contributed by atoms with Crippen LogP contribution in [0.2, 0.25) is 0 Å². The Bertz CT molecular complexity index is 3170. The Morgan fingerprint density at radius 2 is 0.530 bits per heavy atom. The van der Waals surface area contributed by atoms with Crippen LogP contribution in [0.4, 0.5) is 0 Å². The first kappa shape index (κ1) is 82.1. The Balaban J connectivity index is 1.11. The Morgan fingerprint density at radius 1 is 0.270 bits per heavy atom. The number of hydrogen-bond donors (Lipinski definition) is 0. The van der Waals surface area contributed by atoms with E-state index in [4.69, 9.17) is 18.9 Å². The van der Waals surface area contributed by atoms with Gasteiger partial charge >= 0.3 is 0 Å². The highest BCUT2D eigenvalue weighted by Gasteiger charge is 2.48. The SMILES string of the molecule is CCCCCCCCCCCCOc1ccc(-c2sc3c4c(sc3c2CCCCCC)-c2sc3c(CCCCCC)c(-c5ccc(OCCCCCCCCCCCC)c(OCCCCCCCCCCCC)c5)sc3c2P4(=O)c2ccccc2)cc1OCCCCCCCCCCCC. The lowest BCUT2D eigenvalue weighted by Crippen LogP contribution is -2.20. The van der Waals surface area contributed by atoms with Crippen molar-refractivity contribution in [2.45, 2.75) is 363 Å². The highest BCUT2D eigenvalue weighted by Crippen LogP contribution is 2.64. The van der Waals surface area contributed by atoms with Gasteiger partial charge in [0, 0.05) is 15.1 Å². The molecule has 0 saturated heterocycles. The van der Waals surface area contributed by atoms with Gasteiger partial charge in [0.15, 0.2) is 30.1 Å². The number of rotatable bonds is 61. The second kappa shape index (κ2) is 48.5. The van der Waals surface area contributed by atoms with Gasteiger partial charge in [0.25, 0.3) is 0 Å². The van der Waals surface area contributed by atoms with Gasteiger partial charge in [-0.3, -0.25) is 0 Å². The van der Waals surface area contributed by atoms with Gasteiger partial charge in [0.1, 0.15) is 0 Å². The van der Waals surface area contributed by atoms with Crippen LogP contribution in [0.15, 0.2) is 66.7 Å². The lowest BCUT2D eigenvalue weighted by atomic mass is 10.0. The van der Waals surface area contributed by atoms with E-state index in [1.807, 2.05) is 45.3 Å². The van der Waals surface area contributed by atoms with Crippen LogP contribution in [0.1, 0.15) is 361 Å². The van der Waals surface area contributed by atoms with Crippen LogP contribution in [0.25, 0.3) is 49.4 Å². The van der Waals surface area contributed by atoms with Crippen LogP contribution in [0, 0.1) is 0 Å². The molecule has 7 aromatic rings. The van der Waals surface area contributed by atoms with Gasteiger partial charge in [-0.2, -0.15) is 0 Å². The summed E-state index contributed by atoms with van der Waals surface area (Å²) in [5.74, 6) is 3.48. The van der Waals surface area contributed by atoms with Crippen LogP contribution in [0.3, 0.4) is 0 Å². The second-order valence-corrected chi connectivity index (χ2v) is 36.4. The molecule has 0 aliphatic carbocycles. The van der Waals surface area contributed by atoms with Crippen LogP contribution >= 0.6 is 52.5 Å². The van der Waals surface area contributed by atoms with Crippen molar-refractivity contribution in [2.75, 3.05) is 26.4 Å². The van der Waals surface area contributed by atoms with Crippen molar-refractivity contribution >= 4 is 87.2 Å². The normalized spacial score (nSPS) is 12.6. The van der Waals surface area contributed by atoms with Gasteiger partial charge in [-0.15, -0.1) is 45.3 Å². The lowest BCUT2D eigenvalue weighted by molar-refractivity contribution is 0.258. The van der Waals surface area contributed by atoms with Crippen LogP contribution in [0.5, 0.6) is 23.0 Å². The second-order valence-electron chi connectivity index (χ2n) is 29.7. The molecule has 0 spiro atoms. The fourth-order valence-electron chi connectivity index (χ4n) is 15.0. The molecule has 0 unspecified atom stereocenters. The fraction of sp³-hybridized carbons (Fsp3) is 0.667. The van der Waals surface area contributed by atoms with E-state index in [9.17, 15) is 0 Å². The van der Waals surface area contributed by atoms with Gasteiger partial charge in [-0.1, -0.05) is 342 Å². The molecule has 4 aromatic heterocycles. The highest BCUT2D eigenvalue weighted by atomic mass is 32.1. The van der Waals surface area contributed by atoms with Crippen molar-refractivity contribution in [1.29, 1.82) is 0 Å². The maximum atomic E-state index is 17.5. The van der Waals surface area contributed by atoms with Crippen LogP contribution < -0.4 is 34.9 Å². The van der Waals surface area contributed by atoms with E-state index < -0.39 is 7.14 Å². The number of unbranched alkanes of at least 4 members (excludes halogenated alkanes) is 42. The van der Waals surface area contributed by atoms with E-state index in [2.05, 4.69) is 108 Å². The molecule has 1 aliphatic rings. The summed E-state index contributed by atoms with van der Waals surface area (Å²) in [6.45, 7) is 16.7. The molecular weight excluding hydrogens is 1320 g/mol. The first-order valence-electron chi connectivity index (χ1n) is 42.0. The summed E-state index contributed by atoms with van der Waals surface area (Å²) < 4.78 is 49.9. The number of thiophene rings is 4. The van der Waals surface area contributed by atoms with Crippen molar-refractivity contribution in [1.82, 2.24) is 0 Å². The third-order valence-electron chi connectivity index (χ3n) is 21.1. The molecule has 8 rings (SSSR count). The van der Waals surface area contributed by atoms with Gasteiger partial charge in [0.2, 0.25) is 0 Å². The summed E-state index contributed by atoms with van der Waals surface area (Å²) in [7, 11) is -3.38. The molecule has 0 N–H and O–H groups in total. The summed E-state index contributed by atoms with van der Waals surface area (Å²) in [4.78, 5) is 5.11. The molecule has 0 fully saturated rings. The first-order valence-corrected chi connectivity index (χ1v) is 47.0. The summed E-state index contributed by atoms with van der Waals surface area (Å²) in [6, 6.07) is 24.3. The Labute approximate surface area is 626 Å². The molecular formula is C90H137O5PS4. The fourth-order valence-corrected chi connectivity index (χ4v) is 26.0. The van der Waals surface area contributed by atoms with Crippen LogP contribution in [-0.4, -0.2) is 26.4 Å². The topological polar surface area (TPSA) is 54.0 Å². The predicted octanol–water partition coefficient (Wildman–Crippen LogP) is 30.6. The third-order valence-corrected chi connectivity index (χ3v) is 30.4. The average Bonchev–Trinajstić information content (AvgIpc) is 1.51. The quantitative estimate of drug-likeness (QED) is 0.0281. The molecule has 0 amide bonds. The molecule has 0 saturated carbocycles. The van der Waals surface area contributed by atoms with E-state index in [1.165, 1.54) is 330 Å². The molecule has 0 atom stereocenters. The number of benzene rings is 3. The summed E-state index contributed by atoms with van der Waals surface area (Å²) in [5.41, 5.74) is 5.24. The number of ether oxygens (including phenoxy) is 4. The minimum atomic E-state index is -3.38. The van der Waals surface area contributed by atoms with Gasteiger partial charge in [-0.25, -0.2) is 0 Å². The lowest BCUT2D eigenvalue weighted by Gasteiger charge is -2.15. The number of fused-ring (bicyclic) bond motifs is 7. The maximum absolute atomic E-state index is 17.5. The van der Waals surface area contributed by atoms with Crippen LogP contribution in [-0.2, 0) is 17.4 Å². The molecule has 100 heavy (non-hydrogen) atoms. The van der Waals surface area contributed by atoms with E-state index in [-0.39, 0.29) is 0 Å². The Kier molecular flexibility index (Phi) is 39.8. The minimum Gasteiger partial charge on any atom is -0.490 e. The van der Waals surface area contributed by atoms with Crippen molar-refractivity contribution < 1.29 is 23.5 Å². The zero-order valence-corrected chi connectivity index (χ0v) is 68.3. The molecule has 1 aliphatic heterocycles. The highest BCUT2D eigenvalue weighted by molar-refractivity contribution is 7.89. The van der Waals surface area contributed by atoms with E-state index >= 15 is 4.57 Å². The Hall–Kier alpha value is -3.59. The van der Waals surface area contributed by atoms with Crippen molar-refractivity contribution in [2.24, 2.45) is 0 Å². The molecule has 5 heterocycles. The molecule has 10 heteroatoms. The van der Waals surface area contributed by atoms with Crippen molar-refractivity contribution in [3.05, 3.63) is 77.9 Å². The molecule has 0 bridgehead atoms. The maximum Gasteiger partial charge on any atom is 0.176 e. The Morgan fingerprint density at radius 3 is 0.830 bits per heavy atom. The summed E-state index contributed by atoms with van der Waals surface area (Å²) in [6.07, 6.45) is 63.7. The van der Waals surface area contributed by atoms with Gasteiger partial charge < -0.3 is 23.5 Å². The van der Waals surface area contributed by atoms with Gasteiger partial charge in [-0.05, 0) is 110 Å². The summed E-state index contributed by atoms with van der Waals surface area (Å²) >= 11 is 7.70. The minimum absolute atomic E-state index is 0.696. The number of aryl methyl sites for hydroxylation is 2. The van der Waals surface area contributed by atoms with E-state index in [0.717, 1.165) is 90.3 Å². The van der Waals surface area contributed by atoms with E-state index in [1.54, 1.807) is 0 Å². The van der Waals surface area contributed by atoms with Crippen molar-refractivity contribution in [3.63, 3.8) is 0 Å². The van der Waals surface area contributed by atoms with E-state index in [0.29, 0.717) is 26.4 Å². The third kappa shape index (κ3) is 25.3. The van der Waals surface area contributed by atoms with Gasteiger partial charge in [0.05, 0.1) is 65.6 Å². The smallest absolute Gasteiger partial charge is 0.176 e. The molecule has 0 radical (unpaired) electrons. The van der Waals surface area contributed by atoms with Crippen molar-refractivity contribution in [3.8, 4) is 53.6 Å². The zero-order valence-electron chi connectivity index (χ0n) is 64.2. The monoisotopic (exact) mass is 1460 g/mol. The molecule has 3 aromatic carbocycles. The first-order chi connectivity index (χ1) is 49.4. The largest absolute Gasteiger partial charge is 0.490 e. The molecule has 556 valence electrons. The predicted molar refractivity (Wildman–Crippen MR) is 447 cm³/mol. The standard InChI is InChI=1S/C90H137O5PS4/c1-7-13-19-25-29-33-37-41-45-54-66-92-77-64-62-72(70-79(77)94-68-56-47-43-39-35-31-27-21-15-9-3)83-75(60-52-23-17-11-5)85-87(97-83)81-89(99-85)90-82(96(81,91)74-58-50-49-51-59-74)88-86(100-90)76(61-53-24-18-12-6)84(98-88)73-63-65-78(93-67-55-46-42-38-34-30-26-20-14-8-2)80(71-73)95-69-57-48-44-40-36-32-28-22-16-10-4/h49-51,58-59,62-65,70-71H,7-48,52-57,60-61,66-69H2,1-6H3. The zero-order chi connectivity index (χ0) is 70.1. The average molecular weight is 1460 g/mol. The molecule has 5 nitrogen and oxygen atoms in total. The number of hydrogen-bond acceptors (Lipinski definition) is 9.